The molecule has 0 bridgehead atoms. The van der Waals surface area contributed by atoms with Crippen LogP contribution in [0.15, 0.2) is 42.5 Å². The maximum Gasteiger partial charge on any atom is 0.251 e. The van der Waals surface area contributed by atoms with Gasteiger partial charge in [0.1, 0.15) is 23.9 Å². The molecule has 0 saturated carbocycles. The van der Waals surface area contributed by atoms with E-state index in [0.717, 1.165) is 23.5 Å². The lowest BCUT2D eigenvalue weighted by Gasteiger charge is -2.14. The minimum atomic E-state index is -0.0903. The van der Waals surface area contributed by atoms with Crippen LogP contribution in [0.1, 0.15) is 36.2 Å². The summed E-state index contributed by atoms with van der Waals surface area (Å²) >= 11 is 0. The summed E-state index contributed by atoms with van der Waals surface area (Å²) in [5, 5.41) is 2.88. The molecule has 0 fully saturated rings. The van der Waals surface area contributed by atoms with E-state index in [4.69, 9.17) is 14.2 Å². The van der Waals surface area contributed by atoms with Gasteiger partial charge in [-0.15, -0.1) is 0 Å². The maximum absolute atomic E-state index is 12.2. The fraction of sp³-hybridized carbons (Fsp3) is 0.350. The minimum Gasteiger partial charge on any atom is -0.497 e. The van der Waals surface area contributed by atoms with Gasteiger partial charge in [0, 0.05) is 23.7 Å². The SMILES string of the molecule is CCCNC(=O)c1ccc(OCC)c(COc2cccc(OC)c2)c1. The number of ether oxygens (including phenoxy) is 3. The average molecular weight is 343 g/mol. The lowest BCUT2D eigenvalue weighted by Crippen LogP contribution is -2.24. The molecule has 0 radical (unpaired) electrons. The van der Waals surface area contributed by atoms with Crippen LogP contribution in [0.2, 0.25) is 0 Å². The maximum atomic E-state index is 12.2. The number of methoxy groups -OCH3 is 1. The van der Waals surface area contributed by atoms with Gasteiger partial charge in [-0.1, -0.05) is 13.0 Å². The molecule has 0 unspecified atom stereocenters. The van der Waals surface area contributed by atoms with E-state index in [2.05, 4.69) is 5.32 Å². The monoisotopic (exact) mass is 343 g/mol. The Balaban J connectivity index is 2.16. The van der Waals surface area contributed by atoms with E-state index < -0.39 is 0 Å². The summed E-state index contributed by atoms with van der Waals surface area (Å²) in [7, 11) is 1.62. The molecule has 0 spiro atoms. The number of hydrogen-bond donors (Lipinski definition) is 1. The van der Waals surface area contributed by atoms with E-state index in [1.165, 1.54) is 0 Å². The molecule has 5 heteroatoms. The Morgan fingerprint density at radius 1 is 1.04 bits per heavy atom. The second-order valence-electron chi connectivity index (χ2n) is 5.48. The van der Waals surface area contributed by atoms with Crippen LogP contribution in [0.3, 0.4) is 0 Å². The van der Waals surface area contributed by atoms with Gasteiger partial charge < -0.3 is 19.5 Å². The largest absolute Gasteiger partial charge is 0.497 e. The number of hydrogen-bond acceptors (Lipinski definition) is 4. The summed E-state index contributed by atoms with van der Waals surface area (Å²) in [6.07, 6.45) is 0.897. The van der Waals surface area contributed by atoms with Crippen LogP contribution in [-0.2, 0) is 6.61 Å². The quantitative estimate of drug-likeness (QED) is 0.752. The van der Waals surface area contributed by atoms with Crippen LogP contribution in [0, 0.1) is 0 Å². The molecule has 0 aromatic heterocycles. The third-order valence-corrected chi connectivity index (χ3v) is 3.59. The first kappa shape index (κ1) is 18.6. The third kappa shape index (κ3) is 5.41. The zero-order valence-corrected chi connectivity index (χ0v) is 15.0. The van der Waals surface area contributed by atoms with E-state index in [1.54, 1.807) is 13.2 Å². The van der Waals surface area contributed by atoms with Crippen molar-refractivity contribution < 1.29 is 19.0 Å². The van der Waals surface area contributed by atoms with Crippen molar-refractivity contribution in [3.05, 3.63) is 53.6 Å². The molecule has 0 aliphatic heterocycles. The van der Waals surface area contributed by atoms with Crippen molar-refractivity contribution in [2.24, 2.45) is 0 Å². The van der Waals surface area contributed by atoms with Crippen LogP contribution in [-0.4, -0.2) is 26.2 Å². The van der Waals surface area contributed by atoms with Crippen molar-refractivity contribution in [3.8, 4) is 17.2 Å². The fourth-order valence-electron chi connectivity index (χ4n) is 2.32. The molecular formula is C20H25NO4. The molecule has 25 heavy (non-hydrogen) atoms. The van der Waals surface area contributed by atoms with Gasteiger partial charge in [-0.2, -0.15) is 0 Å². The summed E-state index contributed by atoms with van der Waals surface area (Å²) in [5.74, 6) is 2.06. The molecule has 5 nitrogen and oxygen atoms in total. The molecule has 0 heterocycles. The van der Waals surface area contributed by atoms with Crippen molar-refractivity contribution >= 4 is 5.91 Å². The van der Waals surface area contributed by atoms with Gasteiger partial charge in [-0.3, -0.25) is 4.79 Å². The van der Waals surface area contributed by atoms with Crippen molar-refractivity contribution in [3.63, 3.8) is 0 Å². The summed E-state index contributed by atoms with van der Waals surface area (Å²) < 4.78 is 16.7. The average Bonchev–Trinajstić information content (AvgIpc) is 2.65. The van der Waals surface area contributed by atoms with Gasteiger partial charge in [-0.05, 0) is 43.7 Å². The van der Waals surface area contributed by atoms with E-state index in [1.807, 2.05) is 50.2 Å². The number of nitrogens with one attached hydrogen (secondary N) is 1. The molecule has 0 atom stereocenters. The Labute approximate surface area is 148 Å². The van der Waals surface area contributed by atoms with E-state index in [0.29, 0.717) is 31.1 Å². The van der Waals surface area contributed by atoms with Gasteiger partial charge >= 0.3 is 0 Å². The first-order valence-corrected chi connectivity index (χ1v) is 8.48. The number of carbonyl (C=O) groups is 1. The Morgan fingerprint density at radius 2 is 1.84 bits per heavy atom. The Kier molecular flexibility index (Phi) is 7.14. The zero-order chi connectivity index (χ0) is 18.1. The number of amides is 1. The van der Waals surface area contributed by atoms with Crippen LogP contribution in [0.5, 0.6) is 17.2 Å². The highest BCUT2D eigenvalue weighted by atomic mass is 16.5. The van der Waals surface area contributed by atoms with Crippen LogP contribution < -0.4 is 19.5 Å². The lowest BCUT2D eigenvalue weighted by molar-refractivity contribution is 0.0953. The summed E-state index contributed by atoms with van der Waals surface area (Å²) in [6.45, 7) is 5.45. The Hall–Kier alpha value is -2.69. The zero-order valence-electron chi connectivity index (χ0n) is 15.0. The molecule has 2 rings (SSSR count). The van der Waals surface area contributed by atoms with Crippen molar-refractivity contribution in [2.45, 2.75) is 26.9 Å². The molecule has 0 aliphatic rings. The number of carbonyl (C=O) groups excluding carboxylic acids is 1. The summed E-state index contributed by atoms with van der Waals surface area (Å²) in [5.41, 5.74) is 1.43. The molecular weight excluding hydrogens is 318 g/mol. The predicted molar refractivity (Wildman–Crippen MR) is 97.6 cm³/mol. The highest BCUT2D eigenvalue weighted by Crippen LogP contribution is 2.24. The highest BCUT2D eigenvalue weighted by Gasteiger charge is 2.11. The standard InChI is InChI=1S/C20H25NO4/c1-4-11-21-20(22)15-9-10-19(24-5-2)16(12-15)14-25-18-8-6-7-17(13-18)23-3/h6-10,12-13H,4-5,11,14H2,1-3H3,(H,21,22). The van der Waals surface area contributed by atoms with Gasteiger partial charge in [0.15, 0.2) is 0 Å². The van der Waals surface area contributed by atoms with Crippen molar-refractivity contribution in [2.75, 3.05) is 20.3 Å². The molecule has 1 N–H and O–H groups in total. The smallest absolute Gasteiger partial charge is 0.251 e. The van der Waals surface area contributed by atoms with Gasteiger partial charge in [0.05, 0.1) is 13.7 Å². The number of rotatable bonds is 9. The third-order valence-electron chi connectivity index (χ3n) is 3.59. The second kappa shape index (κ2) is 9.57. The van der Waals surface area contributed by atoms with Crippen molar-refractivity contribution in [1.82, 2.24) is 5.32 Å². The summed E-state index contributed by atoms with van der Waals surface area (Å²) in [4.78, 5) is 12.2. The second-order valence-corrected chi connectivity index (χ2v) is 5.48. The van der Waals surface area contributed by atoms with Crippen LogP contribution in [0.4, 0.5) is 0 Å². The Morgan fingerprint density at radius 3 is 2.56 bits per heavy atom. The molecule has 2 aromatic rings. The van der Waals surface area contributed by atoms with E-state index >= 15 is 0 Å². The first-order valence-electron chi connectivity index (χ1n) is 8.48. The highest BCUT2D eigenvalue weighted by molar-refractivity contribution is 5.94. The normalized spacial score (nSPS) is 10.2. The van der Waals surface area contributed by atoms with Crippen LogP contribution in [0.25, 0.3) is 0 Å². The molecule has 0 saturated heterocycles. The Bertz CT molecular complexity index is 700. The predicted octanol–water partition coefficient (Wildman–Crippen LogP) is 3.81. The molecule has 2 aromatic carbocycles. The van der Waals surface area contributed by atoms with Crippen molar-refractivity contribution in [1.29, 1.82) is 0 Å². The van der Waals surface area contributed by atoms with Crippen LogP contribution >= 0.6 is 0 Å². The molecule has 1 amide bonds. The van der Waals surface area contributed by atoms with E-state index in [9.17, 15) is 4.79 Å². The topological polar surface area (TPSA) is 56.8 Å². The minimum absolute atomic E-state index is 0.0903. The van der Waals surface area contributed by atoms with Gasteiger partial charge in [0.2, 0.25) is 0 Å². The van der Waals surface area contributed by atoms with Gasteiger partial charge in [0.25, 0.3) is 5.91 Å². The lowest BCUT2D eigenvalue weighted by atomic mass is 10.1. The van der Waals surface area contributed by atoms with E-state index in [-0.39, 0.29) is 5.91 Å². The summed E-state index contributed by atoms with van der Waals surface area (Å²) in [6, 6.07) is 12.8. The molecule has 134 valence electrons. The molecule has 0 aliphatic carbocycles. The first-order chi connectivity index (χ1) is 12.2. The fourth-order valence-corrected chi connectivity index (χ4v) is 2.32. The number of benzene rings is 2. The van der Waals surface area contributed by atoms with Gasteiger partial charge in [-0.25, -0.2) is 0 Å².